The molecule has 1 atom stereocenters. The van der Waals surface area contributed by atoms with Gasteiger partial charge < -0.3 is 16.0 Å². The average Bonchev–Trinajstić information content (AvgIpc) is 2.40. The Bertz CT molecular complexity index is 351. The second kappa shape index (κ2) is 7.62. The van der Waals surface area contributed by atoms with Crippen LogP contribution >= 0.6 is 12.4 Å². The number of benzene rings is 1. The van der Waals surface area contributed by atoms with Crippen LogP contribution in [0.5, 0.6) is 0 Å². The Kier molecular flexibility index (Phi) is 6.47. The van der Waals surface area contributed by atoms with Crippen LogP contribution < -0.4 is 16.0 Å². The molecular formula is C14H24ClN3. The van der Waals surface area contributed by atoms with Crippen molar-refractivity contribution >= 4 is 18.1 Å². The lowest BCUT2D eigenvalue weighted by atomic mass is 10.0. The Hall–Kier alpha value is -0.770. The maximum atomic E-state index is 6.01. The summed E-state index contributed by atoms with van der Waals surface area (Å²) in [5, 5.41) is 3.38. The second-order valence-electron chi connectivity index (χ2n) is 4.78. The van der Waals surface area contributed by atoms with Crippen molar-refractivity contribution in [2.24, 2.45) is 5.73 Å². The van der Waals surface area contributed by atoms with Crippen molar-refractivity contribution in [2.45, 2.75) is 25.8 Å². The van der Waals surface area contributed by atoms with E-state index in [9.17, 15) is 0 Å². The smallest absolute Gasteiger partial charge is 0.0369 e. The highest BCUT2D eigenvalue weighted by molar-refractivity contribution is 5.85. The zero-order valence-corrected chi connectivity index (χ0v) is 11.9. The quantitative estimate of drug-likeness (QED) is 0.876. The molecule has 0 amide bonds. The van der Waals surface area contributed by atoms with E-state index in [0.717, 1.165) is 39.0 Å². The molecule has 1 unspecified atom stereocenters. The van der Waals surface area contributed by atoms with E-state index in [1.165, 1.54) is 11.3 Å². The van der Waals surface area contributed by atoms with Gasteiger partial charge in [-0.1, -0.05) is 19.1 Å². The molecular weight excluding hydrogens is 246 g/mol. The van der Waals surface area contributed by atoms with Crippen molar-refractivity contribution in [3.8, 4) is 0 Å². The Balaban J connectivity index is 0.00000162. The van der Waals surface area contributed by atoms with Crippen LogP contribution in [0.3, 0.4) is 0 Å². The predicted molar refractivity (Wildman–Crippen MR) is 80.7 cm³/mol. The Morgan fingerprint density at radius 3 is 2.72 bits per heavy atom. The van der Waals surface area contributed by atoms with Gasteiger partial charge in [0.25, 0.3) is 0 Å². The largest absolute Gasteiger partial charge is 0.369 e. The molecule has 1 aromatic rings. The van der Waals surface area contributed by atoms with Gasteiger partial charge in [-0.25, -0.2) is 0 Å². The molecule has 0 bridgehead atoms. The van der Waals surface area contributed by atoms with E-state index in [1.807, 2.05) is 0 Å². The molecule has 0 saturated carbocycles. The van der Waals surface area contributed by atoms with Crippen molar-refractivity contribution in [2.75, 3.05) is 31.1 Å². The summed E-state index contributed by atoms with van der Waals surface area (Å²) in [6.07, 6.45) is 2.02. The van der Waals surface area contributed by atoms with Crippen LogP contribution in [0.2, 0.25) is 0 Å². The molecule has 1 fully saturated rings. The van der Waals surface area contributed by atoms with Crippen molar-refractivity contribution in [3.05, 3.63) is 29.8 Å². The van der Waals surface area contributed by atoms with Crippen LogP contribution in [0.4, 0.5) is 5.69 Å². The first-order valence-corrected chi connectivity index (χ1v) is 6.60. The van der Waals surface area contributed by atoms with Gasteiger partial charge in [-0.3, -0.25) is 0 Å². The zero-order valence-electron chi connectivity index (χ0n) is 11.1. The van der Waals surface area contributed by atoms with Gasteiger partial charge in [0.05, 0.1) is 0 Å². The standard InChI is InChI=1S/C14H23N3.ClH/c1-2-13(15)10-12-4-3-5-14(11-12)17-8-6-16-7-9-17;/h3-5,11,13,16H,2,6-10,15H2,1H3;1H. The number of hydrogen-bond acceptors (Lipinski definition) is 3. The molecule has 0 aliphatic carbocycles. The summed E-state index contributed by atoms with van der Waals surface area (Å²) in [4.78, 5) is 2.44. The van der Waals surface area contributed by atoms with E-state index in [4.69, 9.17) is 5.73 Å². The summed E-state index contributed by atoms with van der Waals surface area (Å²) < 4.78 is 0. The number of piperazine rings is 1. The molecule has 0 aromatic heterocycles. The van der Waals surface area contributed by atoms with Gasteiger partial charge in [0.1, 0.15) is 0 Å². The van der Waals surface area contributed by atoms with Crippen LogP contribution in [0.15, 0.2) is 24.3 Å². The summed E-state index contributed by atoms with van der Waals surface area (Å²) in [5.74, 6) is 0. The fourth-order valence-corrected chi connectivity index (χ4v) is 2.25. The summed E-state index contributed by atoms with van der Waals surface area (Å²) >= 11 is 0. The van der Waals surface area contributed by atoms with Crippen molar-refractivity contribution < 1.29 is 0 Å². The van der Waals surface area contributed by atoms with Gasteiger partial charge in [-0.05, 0) is 30.5 Å². The van der Waals surface area contributed by atoms with E-state index in [0.29, 0.717) is 0 Å². The first-order valence-electron chi connectivity index (χ1n) is 6.60. The lowest BCUT2D eigenvalue weighted by molar-refractivity contribution is 0.588. The van der Waals surface area contributed by atoms with Crippen LogP contribution in [0.25, 0.3) is 0 Å². The van der Waals surface area contributed by atoms with Crippen LogP contribution in [0.1, 0.15) is 18.9 Å². The number of halogens is 1. The van der Waals surface area contributed by atoms with Gasteiger partial charge in [0, 0.05) is 37.9 Å². The fraction of sp³-hybridized carbons (Fsp3) is 0.571. The Labute approximate surface area is 116 Å². The number of hydrogen-bond donors (Lipinski definition) is 2. The van der Waals surface area contributed by atoms with Gasteiger partial charge in [0.2, 0.25) is 0 Å². The third kappa shape index (κ3) is 4.16. The number of nitrogens with two attached hydrogens (primary N) is 1. The first-order chi connectivity index (χ1) is 8.29. The molecule has 3 N–H and O–H groups in total. The molecule has 4 heteroatoms. The van der Waals surface area contributed by atoms with Crippen molar-refractivity contribution in [1.29, 1.82) is 0 Å². The van der Waals surface area contributed by atoms with E-state index in [1.54, 1.807) is 0 Å². The molecule has 102 valence electrons. The summed E-state index contributed by atoms with van der Waals surface area (Å²) in [6.45, 7) is 6.51. The SMILES string of the molecule is CCC(N)Cc1cccc(N2CCNCC2)c1.Cl. The summed E-state index contributed by atoms with van der Waals surface area (Å²) in [5.41, 5.74) is 8.71. The maximum Gasteiger partial charge on any atom is 0.0369 e. The molecule has 1 aromatic carbocycles. The monoisotopic (exact) mass is 269 g/mol. The lowest BCUT2D eigenvalue weighted by Gasteiger charge is -2.29. The highest BCUT2D eigenvalue weighted by atomic mass is 35.5. The molecule has 1 saturated heterocycles. The van der Waals surface area contributed by atoms with Crippen molar-refractivity contribution in [3.63, 3.8) is 0 Å². The van der Waals surface area contributed by atoms with Gasteiger partial charge in [-0.15, -0.1) is 12.4 Å². The minimum Gasteiger partial charge on any atom is -0.369 e. The minimum absolute atomic E-state index is 0. The molecule has 1 aliphatic heterocycles. The zero-order chi connectivity index (χ0) is 12.1. The normalized spacial score (nSPS) is 17.1. The average molecular weight is 270 g/mol. The van der Waals surface area contributed by atoms with Crippen molar-refractivity contribution in [1.82, 2.24) is 5.32 Å². The minimum atomic E-state index is 0. The fourth-order valence-electron chi connectivity index (χ4n) is 2.25. The summed E-state index contributed by atoms with van der Waals surface area (Å²) in [6, 6.07) is 9.11. The molecule has 2 rings (SSSR count). The van der Waals surface area contributed by atoms with Crippen LogP contribution in [-0.4, -0.2) is 32.2 Å². The summed E-state index contributed by atoms with van der Waals surface area (Å²) in [7, 11) is 0. The van der Waals surface area contributed by atoms with E-state index >= 15 is 0 Å². The topological polar surface area (TPSA) is 41.3 Å². The molecule has 1 aliphatic rings. The van der Waals surface area contributed by atoms with Crippen LogP contribution in [0, 0.1) is 0 Å². The molecule has 1 heterocycles. The number of anilines is 1. The second-order valence-corrected chi connectivity index (χ2v) is 4.78. The highest BCUT2D eigenvalue weighted by Crippen LogP contribution is 2.17. The Morgan fingerprint density at radius 1 is 1.33 bits per heavy atom. The third-order valence-corrected chi connectivity index (χ3v) is 3.41. The molecule has 0 spiro atoms. The van der Waals surface area contributed by atoms with E-state index in [2.05, 4.69) is 41.4 Å². The van der Waals surface area contributed by atoms with Gasteiger partial charge in [0.15, 0.2) is 0 Å². The van der Waals surface area contributed by atoms with E-state index in [-0.39, 0.29) is 18.4 Å². The molecule has 0 radical (unpaired) electrons. The third-order valence-electron chi connectivity index (χ3n) is 3.41. The predicted octanol–water partition coefficient (Wildman–Crippen LogP) is 1.80. The van der Waals surface area contributed by atoms with E-state index < -0.39 is 0 Å². The molecule has 18 heavy (non-hydrogen) atoms. The highest BCUT2D eigenvalue weighted by Gasteiger charge is 2.11. The number of nitrogens with one attached hydrogen (secondary N) is 1. The van der Waals surface area contributed by atoms with Gasteiger partial charge >= 0.3 is 0 Å². The molecule has 3 nitrogen and oxygen atoms in total. The van der Waals surface area contributed by atoms with Crippen LogP contribution in [-0.2, 0) is 6.42 Å². The Morgan fingerprint density at radius 2 is 2.06 bits per heavy atom. The van der Waals surface area contributed by atoms with Gasteiger partial charge in [-0.2, -0.15) is 0 Å². The number of nitrogens with zero attached hydrogens (tertiary/aromatic N) is 1. The lowest BCUT2D eigenvalue weighted by Crippen LogP contribution is -2.43. The first kappa shape index (κ1) is 15.3. The number of rotatable bonds is 4. The maximum absolute atomic E-state index is 6.01.